The average molecular weight is 306 g/mol. The van der Waals surface area contributed by atoms with Gasteiger partial charge in [0.15, 0.2) is 0 Å². The third kappa shape index (κ3) is 5.36. The molecule has 1 fully saturated rings. The number of hydrogen-bond donors (Lipinski definition) is 2. The van der Waals surface area contributed by atoms with E-state index >= 15 is 0 Å². The van der Waals surface area contributed by atoms with E-state index in [0.29, 0.717) is 19.0 Å². The minimum absolute atomic E-state index is 0.0296. The highest BCUT2D eigenvalue weighted by Crippen LogP contribution is 2.21. The number of carbonyl (C=O) groups excluding carboxylic acids is 1. The van der Waals surface area contributed by atoms with Crippen LogP contribution in [0.2, 0.25) is 0 Å². The molecule has 1 atom stereocenters. The van der Waals surface area contributed by atoms with Crippen molar-refractivity contribution in [1.29, 1.82) is 0 Å². The molecular weight excluding hydrogens is 280 g/mol. The summed E-state index contributed by atoms with van der Waals surface area (Å²) in [5, 5.41) is 2.73. The number of benzene rings is 1. The zero-order chi connectivity index (χ0) is 15.1. The van der Waals surface area contributed by atoms with Crippen LogP contribution < -0.4 is 5.32 Å². The SMILES string of the molecule is CN(CCNC(=O)C(S)Cc1ccccc1)C1CCCC1. The van der Waals surface area contributed by atoms with Gasteiger partial charge in [0.2, 0.25) is 5.91 Å². The van der Waals surface area contributed by atoms with Gasteiger partial charge in [0.25, 0.3) is 0 Å². The summed E-state index contributed by atoms with van der Waals surface area (Å²) in [5.74, 6) is 0.0296. The smallest absolute Gasteiger partial charge is 0.233 e. The molecule has 1 unspecified atom stereocenters. The molecule has 0 saturated heterocycles. The number of nitrogens with zero attached hydrogens (tertiary/aromatic N) is 1. The zero-order valence-corrected chi connectivity index (χ0v) is 13.7. The van der Waals surface area contributed by atoms with Crippen molar-refractivity contribution in [3.63, 3.8) is 0 Å². The van der Waals surface area contributed by atoms with E-state index in [1.165, 1.54) is 25.7 Å². The third-order valence-corrected chi connectivity index (χ3v) is 4.70. The number of nitrogens with one attached hydrogen (secondary N) is 1. The van der Waals surface area contributed by atoms with E-state index in [-0.39, 0.29) is 11.2 Å². The lowest BCUT2D eigenvalue weighted by atomic mass is 10.1. The monoisotopic (exact) mass is 306 g/mol. The van der Waals surface area contributed by atoms with Crippen LogP contribution in [0.5, 0.6) is 0 Å². The molecule has 1 aromatic carbocycles. The first-order valence-corrected chi connectivity index (χ1v) is 8.38. The molecule has 2 rings (SSSR count). The van der Waals surface area contributed by atoms with Gasteiger partial charge >= 0.3 is 0 Å². The summed E-state index contributed by atoms with van der Waals surface area (Å²) in [4.78, 5) is 14.4. The van der Waals surface area contributed by atoms with Crippen molar-refractivity contribution in [2.45, 2.75) is 43.4 Å². The predicted octanol–water partition coefficient (Wildman–Crippen LogP) is 2.52. The van der Waals surface area contributed by atoms with Crippen LogP contribution in [-0.2, 0) is 11.2 Å². The lowest BCUT2D eigenvalue weighted by molar-refractivity contribution is -0.120. The molecular formula is C17H26N2OS. The Hall–Kier alpha value is -1.00. The first-order valence-electron chi connectivity index (χ1n) is 7.87. The maximum Gasteiger partial charge on any atom is 0.233 e. The Labute approximate surface area is 133 Å². The Morgan fingerprint density at radius 2 is 2.00 bits per heavy atom. The molecule has 4 heteroatoms. The summed E-state index contributed by atoms with van der Waals surface area (Å²) in [5.41, 5.74) is 1.15. The van der Waals surface area contributed by atoms with Gasteiger partial charge in [0, 0.05) is 19.1 Å². The largest absolute Gasteiger partial charge is 0.354 e. The van der Waals surface area contributed by atoms with Crippen LogP contribution in [0.1, 0.15) is 31.2 Å². The van der Waals surface area contributed by atoms with Crippen LogP contribution in [0.25, 0.3) is 0 Å². The predicted molar refractivity (Wildman–Crippen MR) is 90.8 cm³/mol. The maximum atomic E-state index is 12.0. The van der Waals surface area contributed by atoms with E-state index in [4.69, 9.17) is 0 Å². The standard InChI is InChI=1S/C17H26N2OS/c1-19(15-9-5-6-10-15)12-11-18-17(20)16(21)13-14-7-3-2-4-8-14/h2-4,7-8,15-16,21H,5-6,9-13H2,1H3,(H,18,20). The van der Waals surface area contributed by atoms with Crippen molar-refractivity contribution in [3.05, 3.63) is 35.9 Å². The first-order chi connectivity index (χ1) is 10.2. The second-order valence-corrected chi connectivity index (χ2v) is 6.54. The van der Waals surface area contributed by atoms with Crippen molar-refractivity contribution in [3.8, 4) is 0 Å². The van der Waals surface area contributed by atoms with E-state index in [0.717, 1.165) is 12.1 Å². The van der Waals surface area contributed by atoms with Crippen LogP contribution in [0.3, 0.4) is 0 Å². The summed E-state index contributed by atoms with van der Waals surface area (Å²) < 4.78 is 0. The number of amides is 1. The first kappa shape index (κ1) is 16.4. The minimum atomic E-state index is -0.274. The zero-order valence-electron chi connectivity index (χ0n) is 12.8. The number of likely N-dealkylation sites (N-methyl/N-ethyl adjacent to an activating group) is 1. The Balaban J connectivity index is 1.66. The molecule has 1 aliphatic rings. The van der Waals surface area contributed by atoms with Gasteiger partial charge in [-0.1, -0.05) is 43.2 Å². The van der Waals surface area contributed by atoms with Crippen molar-refractivity contribution in [1.82, 2.24) is 10.2 Å². The van der Waals surface area contributed by atoms with Gasteiger partial charge in [-0.2, -0.15) is 12.6 Å². The van der Waals surface area contributed by atoms with Crippen molar-refractivity contribution in [2.75, 3.05) is 20.1 Å². The average Bonchev–Trinajstić information content (AvgIpc) is 3.02. The van der Waals surface area contributed by atoms with E-state index in [9.17, 15) is 4.79 Å². The molecule has 0 heterocycles. The number of carbonyl (C=O) groups is 1. The second kappa shape index (κ2) is 8.44. The molecule has 0 spiro atoms. The molecule has 1 saturated carbocycles. The summed E-state index contributed by atoms with van der Waals surface area (Å²) in [6.45, 7) is 1.62. The lowest BCUT2D eigenvalue weighted by Gasteiger charge is -2.24. The highest BCUT2D eigenvalue weighted by Gasteiger charge is 2.19. The van der Waals surface area contributed by atoms with Crippen molar-refractivity contribution >= 4 is 18.5 Å². The molecule has 0 aromatic heterocycles. The van der Waals surface area contributed by atoms with Gasteiger partial charge in [-0.15, -0.1) is 0 Å². The molecule has 3 nitrogen and oxygen atoms in total. The van der Waals surface area contributed by atoms with Crippen LogP contribution in [-0.4, -0.2) is 42.2 Å². The third-order valence-electron chi connectivity index (χ3n) is 4.29. The van der Waals surface area contributed by atoms with E-state index in [1.807, 2.05) is 30.3 Å². The highest BCUT2D eigenvalue weighted by atomic mass is 32.1. The van der Waals surface area contributed by atoms with Crippen molar-refractivity contribution < 1.29 is 4.79 Å². The Morgan fingerprint density at radius 3 is 2.67 bits per heavy atom. The summed E-state index contributed by atoms with van der Waals surface area (Å²) in [7, 11) is 2.16. The van der Waals surface area contributed by atoms with Gasteiger partial charge in [-0.05, 0) is 31.9 Å². The van der Waals surface area contributed by atoms with Crippen molar-refractivity contribution in [2.24, 2.45) is 0 Å². The van der Waals surface area contributed by atoms with E-state index in [1.54, 1.807) is 0 Å². The number of hydrogen-bond acceptors (Lipinski definition) is 3. The van der Waals surface area contributed by atoms with E-state index < -0.39 is 0 Å². The molecule has 0 radical (unpaired) electrons. The molecule has 1 amide bonds. The fourth-order valence-electron chi connectivity index (χ4n) is 2.93. The van der Waals surface area contributed by atoms with Crippen LogP contribution in [0, 0.1) is 0 Å². The van der Waals surface area contributed by atoms with E-state index in [2.05, 4.69) is 29.9 Å². The van der Waals surface area contributed by atoms with Crippen LogP contribution in [0.4, 0.5) is 0 Å². The lowest BCUT2D eigenvalue weighted by Crippen LogP contribution is -2.40. The Morgan fingerprint density at radius 1 is 1.33 bits per heavy atom. The van der Waals surface area contributed by atoms with Gasteiger partial charge in [-0.3, -0.25) is 4.79 Å². The molecule has 1 aliphatic carbocycles. The molecule has 0 aliphatic heterocycles. The second-order valence-electron chi connectivity index (χ2n) is 5.92. The molecule has 0 bridgehead atoms. The molecule has 21 heavy (non-hydrogen) atoms. The maximum absolute atomic E-state index is 12.0. The Bertz CT molecular complexity index is 432. The van der Waals surface area contributed by atoms with Crippen LogP contribution in [0.15, 0.2) is 30.3 Å². The highest BCUT2D eigenvalue weighted by molar-refractivity contribution is 7.81. The summed E-state index contributed by atoms with van der Waals surface area (Å²) in [6.07, 6.45) is 5.96. The fourth-order valence-corrected chi connectivity index (χ4v) is 3.23. The fraction of sp³-hybridized carbons (Fsp3) is 0.588. The molecule has 1 N–H and O–H groups in total. The number of thiol groups is 1. The summed E-state index contributed by atoms with van der Waals surface area (Å²) >= 11 is 4.42. The number of rotatable bonds is 7. The Kier molecular flexibility index (Phi) is 6.58. The van der Waals surface area contributed by atoms with Gasteiger partial charge in [-0.25, -0.2) is 0 Å². The molecule has 116 valence electrons. The van der Waals surface area contributed by atoms with Gasteiger partial charge in [0.1, 0.15) is 0 Å². The van der Waals surface area contributed by atoms with Gasteiger partial charge in [0.05, 0.1) is 5.25 Å². The topological polar surface area (TPSA) is 32.3 Å². The van der Waals surface area contributed by atoms with Crippen LogP contribution >= 0.6 is 12.6 Å². The van der Waals surface area contributed by atoms with Gasteiger partial charge < -0.3 is 10.2 Å². The summed E-state index contributed by atoms with van der Waals surface area (Å²) in [6, 6.07) is 10.7. The molecule has 1 aromatic rings. The quantitative estimate of drug-likeness (QED) is 0.759. The minimum Gasteiger partial charge on any atom is -0.354 e. The normalized spacial score (nSPS) is 17.1.